The molecule has 0 bridgehead atoms. The molecule has 0 aromatic heterocycles. The molecule has 0 heterocycles. The monoisotopic (exact) mass is 365 g/mol. The molecular weight excluding hydrogens is 353 g/mol. The molecule has 1 N–H and O–H groups in total. The lowest BCUT2D eigenvalue weighted by molar-refractivity contribution is -0.119. The maximum atomic E-state index is 13.4. The van der Waals surface area contributed by atoms with Crippen LogP contribution in [0.5, 0.6) is 0 Å². The van der Waals surface area contributed by atoms with Gasteiger partial charge in [0.25, 0.3) is 5.91 Å². The van der Waals surface area contributed by atoms with Crippen LogP contribution in [0.1, 0.15) is 20.7 Å². The molecule has 130 valence electrons. The molecule has 0 saturated heterocycles. The Morgan fingerprint density at radius 2 is 1.80 bits per heavy atom. The Balaban J connectivity index is 1.98. The first-order valence-corrected chi connectivity index (χ1v) is 7.39. The summed E-state index contributed by atoms with van der Waals surface area (Å²) in [6, 6.07) is 9.46. The van der Waals surface area contributed by atoms with Crippen molar-refractivity contribution in [1.29, 1.82) is 0 Å². The van der Waals surface area contributed by atoms with Crippen molar-refractivity contribution in [2.75, 3.05) is 19.0 Å². The first-order chi connectivity index (χ1) is 11.9. The summed E-state index contributed by atoms with van der Waals surface area (Å²) in [7, 11) is 1.20. The number of nitrogens with one attached hydrogen (secondary N) is 1. The number of hydrogen-bond acceptors (Lipinski definition) is 5. The van der Waals surface area contributed by atoms with Crippen LogP contribution in [-0.4, -0.2) is 31.6 Å². The highest BCUT2D eigenvalue weighted by molar-refractivity contribution is 6.33. The molecule has 8 heteroatoms. The van der Waals surface area contributed by atoms with Crippen LogP contribution in [0.3, 0.4) is 0 Å². The molecule has 0 aliphatic carbocycles. The molecule has 2 aromatic carbocycles. The van der Waals surface area contributed by atoms with E-state index in [4.69, 9.17) is 16.3 Å². The van der Waals surface area contributed by atoms with Crippen LogP contribution < -0.4 is 5.32 Å². The maximum absolute atomic E-state index is 13.4. The summed E-state index contributed by atoms with van der Waals surface area (Å²) in [5.74, 6) is -3.03. The van der Waals surface area contributed by atoms with Gasteiger partial charge in [0.15, 0.2) is 6.61 Å². The molecule has 0 saturated carbocycles. The van der Waals surface area contributed by atoms with E-state index in [0.29, 0.717) is 0 Å². The first-order valence-electron chi connectivity index (χ1n) is 7.01. The normalized spacial score (nSPS) is 10.0. The smallest absolute Gasteiger partial charge is 0.341 e. The van der Waals surface area contributed by atoms with E-state index in [0.717, 1.165) is 6.07 Å². The number of carbonyl (C=O) groups excluding carboxylic acids is 3. The molecule has 0 aliphatic heterocycles. The van der Waals surface area contributed by atoms with Crippen molar-refractivity contribution >= 4 is 35.1 Å². The third kappa shape index (κ3) is 4.77. The molecule has 0 radical (unpaired) electrons. The number of halogens is 2. The minimum Gasteiger partial charge on any atom is -0.465 e. The highest BCUT2D eigenvalue weighted by atomic mass is 35.5. The van der Waals surface area contributed by atoms with Gasteiger partial charge in [0.2, 0.25) is 0 Å². The van der Waals surface area contributed by atoms with Gasteiger partial charge >= 0.3 is 11.9 Å². The van der Waals surface area contributed by atoms with Crippen LogP contribution in [0.15, 0.2) is 42.5 Å². The van der Waals surface area contributed by atoms with Crippen LogP contribution in [0.4, 0.5) is 10.1 Å². The van der Waals surface area contributed by atoms with Crippen molar-refractivity contribution < 1.29 is 28.2 Å². The van der Waals surface area contributed by atoms with Crippen molar-refractivity contribution in [2.45, 2.75) is 0 Å². The van der Waals surface area contributed by atoms with Gasteiger partial charge in [-0.1, -0.05) is 23.7 Å². The van der Waals surface area contributed by atoms with E-state index in [9.17, 15) is 18.8 Å². The van der Waals surface area contributed by atoms with Crippen molar-refractivity contribution in [3.63, 3.8) is 0 Å². The second-order valence-electron chi connectivity index (χ2n) is 4.79. The van der Waals surface area contributed by atoms with E-state index in [2.05, 4.69) is 10.1 Å². The van der Waals surface area contributed by atoms with Crippen molar-refractivity contribution in [1.82, 2.24) is 0 Å². The van der Waals surface area contributed by atoms with Crippen LogP contribution in [0.2, 0.25) is 5.02 Å². The second-order valence-corrected chi connectivity index (χ2v) is 5.20. The van der Waals surface area contributed by atoms with E-state index in [1.54, 1.807) is 0 Å². The third-order valence-electron chi connectivity index (χ3n) is 3.08. The quantitative estimate of drug-likeness (QED) is 0.823. The minimum atomic E-state index is -0.959. The molecule has 0 atom stereocenters. The molecule has 6 nitrogen and oxygen atoms in total. The zero-order chi connectivity index (χ0) is 18.4. The van der Waals surface area contributed by atoms with Gasteiger partial charge < -0.3 is 14.8 Å². The lowest BCUT2D eigenvalue weighted by Gasteiger charge is -2.09. The van der Waals surface area contributed by atoms with Gasteiger partial charge in [-0.25, -0.2) is 14.0 Å². The summed E-state index contributed by atoms with van der Waals surface area (Å²) >= 11 is 5.87. The molecule has 1 amide bonds. The van der Waals surface area contributed by atoms with Crippen molar-refractivity contribution in [3.05, 3.63) is 64.4 Å². The summed E-state index contributed by atoms with van der Waals surface area (Å²) < 4.78 is 22.8. The zero-order valence-electron chi connectivity index (χ0n) is 13.0. The molecule has 2 aromatic rings. The number of carbonyl (C=O) groups is 3. The van der Waals surface area contributed by atoms with Crippen molar-refractivity contribution in [3.8, 4) is 0 Å². The summed E-state index contributed by atoms with van der Waals surface area (Å²) in [6.45, 7) is -0.622. The first kappa shape index (κ1) is 18.4. The highest BCUT2D eigenvalue weighted by Gasteiger charge is 2.15. The fourth-order valence-corrected chi connectivity index (χ4v) is 2.10. The molecule has 0 unspecified atom stereocenters. The van der Waals surface area contributed by atoms with Crippen LogP contribution in [0, 0.1) is 5.82 Å². The van der Waals surface area contributed by atoms with E-state index < -0.39 is 30.3 Å². The summed E-state index contributed by atoms with van der Waals surface area (Å²) in [6.07, 6.45) is 0. The Kier molecular flexibility index (Phi) is 6.08. The van der Waals surface area contributed by atoms with E-state index in [-0.39, 0.29) is 21.8 Å². The Morgan fingerprint density at radius 3 is 2.48 bits per heavy atom. The number of methoxy groups -OCH3 is 1. The largest absolute Gasteiger partial charge is 0.465 e. The number of ether oxygens (including phenoxy) is 2. The average molecular weight is 366 g/mol. The summed E-state index contributed by atoms with van der Waals surface area (Å²) in [5, 5.41) is 2.60. The Hall–Kier alpha value is -2.93. The molecule has 0 spiro atoms. The molecular formula is C17H13ClFNO5. The lowest BCUT2D eigenvalue weighted by Crippen LogP contribution is -2.21. The zero-order valence-corrected chi connectivity index (χ0v) is 13.8. The van der Waals surface area contributed by atoms with Crippen LogP contribution in [0.25, 0.3) is 0 Å². The number of anilines is 1. The highest BCUT2D eigenvalue weighted by Crippen LogP contribution is 2.21. The van der Waals surface area contributed by atoms with E-state index in [1.165, 1.54) is 43.5 Å². The molecule has 25 heavy (non-hydrogen) atoms. The molecule has 0 aliphatic rings. The van der Waals surface area contributed by atoms with E-state index >= 15 is 0 Å². The second kappa shape index (κ2) is 8.25. The standard InChI is InChI=1S/C17H13ClFNO5/c1-24-16(22)12-8-10(6-7-13(12)18)20-15(21)9-25-17(23)11-4-2-3-5-14(11)19/h2-8H,9H2,1H3,(H,20,21). The summed E-state index contributed by atoms with van der Waals surface area (Å²) in [5.41, 5.74) is 0.0665. The van der Waals surface area contributed by atoms with Crippen LogP contribution >= 0.6 is 11.6 Å². The molecule has 0 fully saturated rings. The Labute approximate surface area is 147 Å². The number of amides is 1. The fourth-order valence-electron chi connectivity index (χ4n) is 1.90. The molecule has 2 rings (SSSR count). The average Bonchev–Trinajstić information content (AvgIpc) is 2.61. The number of esters is 2. The third-order valence-corrected chi connectivity index (χ3v) is 3.41. The number of hydrogen-bond donors (Lipinski definition) is 1. The SMILES string of the molecule is COC(=O)c1cc(NC(=O)COC(=O)c2ccccc2F)ccc1Cl. The summed E-state index contributed by atoms with van der Waals surface area (Å²) in [4.78, 5) is 35.1. The maximum Gasteiger partial charge on any atom is 0.341 e. The Bertz CT molecular complexity index is 824. The van der Waals surface area contributed by atoms with Crippen LogP contribution in [-0.2, 0) is 14.3 Å². The predicted molar refractivity (Wildman–Crippen MR) is 88.1 cm³/mol. The van der Waals surface area contributed by atoms with Gasteiger partial charge in [-0.2, -0.15) is 0 Å². The van der Waals surface area contributed by atoms with E-state index in [1.807, 2.05) is 0 Å². The predicted octanol–water partition coefficient (Wildman–Crippen LogP) is 3.06. The fraction of sp³-hybridized carbons (Fsp3) is 0.118. The van der Waals surface area contributed by atoms with Gasteiger partial charge in [0, 0.05) is 5.69 Å². The van der Waals surface area contributed by atoms with Crippen molar-refractivity contribution in [2.24, 2.45) is 0 Å². The van der Waals surface area contributed by atoms with Gasteiger partial charge in [0.05, 0.1) is 23.3 Å². The lowest BCUT2D eigenvalue weighted by atomic mass is 10.2. The number of benzene rings is 2. The number of rotatable bonds is 5. The minimum absolute atomic E-state index is 0.0744. The van der Waals surface area contributed by atoms with Gasteiger partial charge in [-0.15, -0.1) is 0 Å². The van der Waals surface area contributed by atoms with Gasteiger partial charge in [-0.05, 0) is 30.3 Å². The topological polar surface area (TPSA) is 81.7 Å². The van der Waals surface area contributed by atoms with Gasteiger partial charge in [-0.3, -0.25) is 4.79 Å². The Morgan fingerprint density at radius 1 is 1.08 bits per heavy atom. The van der Waals surface area contributed by atoms with Gasteiger partial charge in [0.1, 0.15) is 5.82 Å².